The number of benzene rings is 1. The lowest BCUT2D eigenvalue weighted by atomic mass is 10.3. The monoisotopic (exact) mass is 283 g/mol. The van der Waals surface area contributed by atoms with Gasteiger partial charge in [-0.05, 0) is 26.0 Å². The predicted octanol–water partition coefficient (Wildman–Crippen LogP) is 2.62. The molecule has 0 saturated carbocycles. The van der Waals surface area contributed by atoms with Crippen LogP contribution in [0.5, 0.6) is 0 Å². The summed E-state index contributed by atoms with van der Waals surface area (Å²) in [6, 6.07) is 3.13. The van der Waals surface area contributed by atoms with Crippen molar-refractivity contribution in [1.82, 2.24) is 15.0 Å². The summed E-state index contributed by atoms with van der Waals surface area (Å²) in [5.74, 6) is -1.36. The third-order valence-electron chi connectivity index (χ3n) is 2.50. The number of hydrogen-bond donors (Lipinski definition) is 0. The van der Waals surface area contributed by atoms with Gasteiger partial charge in [-0.1, -0.05) is 5.21 Å². The molecule has 0 atom stereocenters. The molecule has 0 amide bonds. The minimum Gasteiger partial charge on any atom is -0.347 e. The Balaban J connectivity index is 2.27. The van der Waals surface area contributed by atoms with E-state index in [-0.39, 0.29) is 5.69 Å². The molecule has 1 aromatic heterocycles. The summed E-state index contributed by atoms with van der Waals surface area (Å²) in [7, 11) is 0. The number of aromatic nitrogens is 3. The molecule has 0 radical (unpaired) electrons. The lowest BCUT2D eigenvalue weighted by Crippen LogP contribution is -2.09. The topological polar surface area (TPSA) is 49.2 Å². The van der Waals surface area contributed by atoms with Crippen LogP contribution in [-0.2, 0) is 9.47 Å². The summed E-state index contributed by atoms with van der Waals surface area (Å²) >= 11 is 0. The highest BCUT2D eigenvalue weighted by Crippen LogP contribution is 2.18. The molecule has 0 saturated heterocycles. The molecule has 1 heterocycles. The van der Waals surface area contributed by atoms with E-state index in [1.807, 2.05) is 13.8 Å². The molecule has 0 N–H and O–H groups in total. The Morgan fingerprint density at radius 1 is 1.10 bits per heavy atom. The van der Waals surface area contributed by atoms with Gasteiger partial charge in [0.05, 0.1) is 11.9 Å². The third-order valence-corrected chi connectivity index (χ3v) is 2.50. The summed E-state index contributed by atoms with van der Waals surface area (Å²) in [4.78, 5) is 0. The van der Waals surface area contributed by atoms with Crippen LogP contribution >= 0.6 is 0 Å². The van der Waals surface area contributed by atoms with Gasteiger partial charge in [-0.3, -0.25) is 0 Å². The fourth-order valence-electron chi connectivity index (χ4n) is 1.70. The molecule has 2 aromatic rings. The van der Waals surface area contributed by atoms with Crippen molar-refractivity contribution in [3.8, 4) is 5.69 Å². The molecule has 0 aliphatic heterocycles. The Labute approximate surface area is 115 Å². The van der Waals surface area contributed by atoms with Crippen molar-refractivity contribution in [3.63, 3.8) is 0 Å². The van der Waals surface area contributed by atoms with Crippen molar-refractivity contribution in [2.24, 2.45) is 0 Å². The molecule has 7 heteroatoms. The van der Waals surface area contributed by atoms with E-state index < -0.39 is 17.9 Å². The van der Waals surface area contributed by atoms with E-state index in [0.717, 1.165) is 18.2 Å². The second-order valence-corrected chi connectivity index (χ2v) is 3.96. The summed E-state index contributed by atoms with van der Waals surface area (Å²) in [5.41, 5.74) is 0.686. The molecule has 108 valence electrons. The van der Waals surface area contributed by atoms with Crippen LogP contribution in [0.15, 0.2) is 24.4 Å². The zero-order chi connectivity index (χ0) is 14.5. The first-order valence-corrected chi connectivity index (χ1v) is 6.26. The number of ether oxygens (including phenoxy) is 2. The van der Waals surface area contributed by atoms with Crippen molar-refractivity contribution in [2.45, 2.75) is 20.1 Å². The minimum absolute atomic E-state index is 0.244. The normalized spacial score (nSPS) is 11.2. The van der Waals surface area contributed by atoms with E-state index in [0.29, 0.717) is 18.9 Å². The molecule has 0 unspecified atom stereocenters. The Bertz CT molecular complexity index is 548. The first-order chi connectivity index (χ1) is 9.63. The zero-order valence-electron chi connectivity index (χ0n) is 11.2. The van der Waals surface area contributed by atoms with Gasteiger partial charge in [0.1, 0.15) is 17.3 Å². The van der Waals surface area contributed by atoms with Gasteiger partial charge in [-0.25, -0.2) is 13.5 Å². The molecule has 0 aliphatic rings. The first kappa shape index (κ1) is 14.5. The maximum Gasteiger partial charge on any atom is 0.204 e. The Hall–Kier alpha value is -1.86. The zero-order valence-corrected chi connectivity index (χ0v) is 11.2. The van der Waals surface area contributed by atoms with Crippen molar-refractivity contribution in [1.29, 1.82) is 0 Å². The maximum atomic E-state index is 13.2. The fourth-order valence-corrected chi connectivity index (χ4v) is 1.70. The smallest absolute Gasteiger partial charge is 0.204 e. The van der Waals surface area contributed by atoms with Gasteiger partial charge in [0.25, 0.3) is 0 Å². The molecule has 2 rings (SSSR count). The van der Waals surface area contributed by atoms with Crippen LogP contribution < -0.4 is 0 Å². The van der Waals surface area contributed by atoms with Gasteiger partial charge in [0.15, 0.2) is 0 Å². The highest BCUT2D eigenvalue weighted by atomic mass is 19.1. The Morgan fingerprint density at radius 3 is 2.25 bits per heavy atom. The largest absolute Gasteiger partial charge is 0.347 e. The summed E-state index contributed by atoms with van der Waals surface area (Å²) in [5, 5.41) is 7.73. The molecular formula is C13H15F2N3O2. The molecule has 5 nitrogen and oxygen atoms in total. The van der Waals surface area contributed by atoms with Crippen molar-refractivity contribution in [2.75, 3.05) is 13.2 Å². The van der Waals surface area contributed by atoms with Crippen molar-refractivity contribution < 1.29 is 18.3 Å². The first-order valence-electron chi connectivity index (χ1n) is 6.26. The van der Waals surface area contributed by atoms with Crippen LogP contribution in [0.3, 0.4) is 0 Å². The van der Waals surface area contributed by atoms with Crippen LogP contribution in [0.25, 0.3) is 5.69 Å². The number of hydrogen-bond acceptors (Lipinski definition) is 4. The summed E-state index contributed by atoms with van der Waals surface area (Å²) < 4.78 is 38.4. The van der Waals surface area contributed by atoms with Gasteiger partial charge in [-0.2, -0.15) is 0 Å². The maximum absolute atomic E-state index is 13.2. The molecule has 0 fully saturated rings. The van der Waals surface area contributed by atoms with Crippen LogP contribution in [0.4, 0.5) is 8.78 Å². The van der Waals surface area contributed by atoms with Gasteiger partial charge >= 0.3 is 0 Å². The average molecular weight is 283 g/mol. The van der Waals surface area contributed by atoms with E-state index in [2.05, 4.69) is 10.3 Å². The molecule has 0 spiro atoms. The van der Waals surface area contributed by atoms with E-state index in [9.17, 15) is 8.78 Å². The van der Waals surface area contributed by atoms with Gasteiger partial charge in [-0.15, -0.1) is 5.10 Å². The van der Waals surface area contributed by atoms with Gasteiger partial charge < -0.3 is 9.47 Å². The second kappa shape index (κ2) is 6.53. The predicted molar refractivity (Wildman–Crippen MR) is 67.3 cm³/mol. The number of rotatable bonds is 6. The van der Waals surface area contributed by atoms with Crippen molar-refractivity contribution in [3.05, 3.63) is 41.7 Å². The average Bonchev–Trinajstić information content (AvgIpc) is 2.87. The van der Waals surface area contributed by atoms with E-state index in [4.69, 9.17) is 9.47 Å². The third kappa shape index (κ3) is 3.37. The molecule has 0 bridgehead atoms. The van der Waals surface area contributed by atoms with Crippen LogP contribution in [-0.4, -0.2) is 28.2 Å². The molecular weight excluding hydrogens is 268 g/mol. The van der Waals surface area contributed by atoms with Gasteiger partial charge in [0, 0.05) is 19.3 Å². The van der Waals surface area contributed by atoms with Crippen LogP contribution in [0.1, 0.15) is 25.8 Å². The number of nitrogens with zero attached hydrogens (tertiary/aromatic N) is 3. The number of halogens is 2. The van der Waals surface area contributed by atoms with E-state index >= 15 is 0 Å². The van der Waals surface area contributed by atoms with Gasteiger partial charge in [0.2, 0.25) is 6.29 Å². The van der Waals surface area contributed by atoms with Crippen LogP contribution in [0.2, 0.25) is 0 Å². The quantitative estimate of drug-likeness (QED) is 0.765. The van der Waals surface area contributed by atoms with E-state index in [1.54, 1.807) is 0 Å². The van der Waals surface area contributed by atoms with Crippen LogP contribution in [0, 0.1) is 11.6 Å². The lowest BCUT2D eigenvalue weighted by molar-refractivity contribution is -0.142. The summed E-state index contributed by atoms with van der Waals surface area (Å²) in [6.07, 6.45) is 0.877. The molecule has 1 aromatic carbocycles. The lowest BCUT2D eigenvalue weighted by Gasteiger charge is -2.13. The Kier molecular flexibility index (Phi) is 4.75. The fraction of sp³-hybridized carbons (Fsp3) is 0.385. The highest BCUT2D eigenvalue weighted by molar-refractivity contribution is 5.31. The minimum atomic E-state index is -0.678. The standard InChI is InChI=1S/C13H15F2N3O2/c1-3-19-13(20-4-2)12-8-18(17-16-12)11-6-9(14)5-10(15)7-11/h5-8,13H,3-4H2,1-2H3. The molecule has 0 aliphatic carbocycles. The van der Waals surface area contributed by atoms with Crippen molar-refractivity contribution >= 4 is 0 Å². The highest BCUT2D eigenvalue weighted by Gasteiger charge is 2.16. The second-order valence-electron chi connectivity index (χ2n) is 3.96. The molecule has 20 heavy (non-hydrogen) atoms. The van der Waals surface area contributed by atoms with E-state index in [1.165, 1.54) is 10.9 Å². The SMILES string of the molecule is CCOC(OCC)c1cn(-c2cc(F)cc(F)c2)nn1. The Morgan fingerprint density at radius 2 is 1.70 bits per heavy atom. The summed E-state index contributed by atoms with van der Waals surface area (Å²) in [6.45, 7) is 4.56.